The second kappa shape index (κ2) is 4.77. The zero-order chi connectivity index (χ0) is 12.3. The smallest absolute Gasteiger partial charge is 0.221 e. The van der Waals surface area contributed by atoms with Gasteiger partial charge in [0.2, 0.25) is 5.91 Å². The first-order chi connectivity index (χ1) is 8.22. The van der Waals surface area contributed by atoms with Crippen molar-refractivity contribution >= 4 is 22.9 Å². The van der Waals surface area contributed by atoms with Crippen molar-refractivity contribution in [2.45, 2.75) is 6.42 Å². The number of amides is 1. The molecule has 0 saturated heterocycles. The number of carbonyl (C=O) groups is 1. The molecule has 1 amide bonds. The van der Waals surface area contributed by atoms with Crippen LogP contribution in [0.3, 0.4) is 0 Å². The molecule has 0 aromatic carbocycles. The summed E-state index contributed by atoms with van der Waals surface area (Å²) in [5.74, 6) is 0.753. The monoisotopic (exact) mass is 234 g/mol. The summed E-state index contributed by atoms with van der Waals surface area (Å²) in [7, 11) is 3.51. The fourth-order valence-corrected chi connectivity index (χ4v) is 1.54. The van der Waals surface area contributed by atoms with Crippen LogP contribution in [0.2, 0.25) is 0 Å². The number of aromatic amines is 1. The highest BCUT2D eigenvalue weighted by Gasteiger charge is 2.11. The highest BCUT2D eigenvalue weighted by atomic mass is 16.1. The topological polar surface area (TPSA) is 86.8 Å². The van der Waals surface area contributed by atoms with Gasteiger partial charge in [0.05, 0.1) is 6.33 Å². The van der Waals surface area contributed by atoms with E-state index >= 15 is 0 Å². The van der Waals surface area contributed by atoms with Crippen molar-refractivity contribution in [2.75, 3.05) is 25.5 Å². The fraction of sp³-hybridized carbons (Fsp3) is 0.400. The number of carbonyl (C=O) groups excluding carboxylic acids is 1. The van der Waals surface area contributed by atoms with Crippen LogP contribution in [-0.2, 0) is 4.79 Å². The van der Waals surface area contributed by atoms with Gasteiger partial charge in [-0.1, -0.05) is 0 Å². The number of hydrogen-bond acceptors (Lipinski definition) is 5. The second-order valence-corrected chi connectivity index (χ2v) is 3.64. The third-order valence-corrected chi connectivity index (χ3v) is 2.52. The van der Waals surface area contributed by atoms with Crippen LogP contribution in [0.25, 0.3) is 11.2 Å². The zero-order valence-electron chi connectivity index (χ0n) is 9.77. The fourth-order valence-electron chi connectivity index (χ4n) is 1.54. The van der Waals surface area contributed by atoms with Gasteiger partial charge in [-0.05, 0) is 0 Å². The normalized spacial score (nSPS) is 10.5. The number of nitrogens with one attached hydrogen (secondary N) is 2. The van der Waals surface area contributed by atoms with Crippen molar-refractivity contribution in [3.8, 4) is 0 Å². The van der Waals surface area contributed by atoms with Crippen molar-refractivity contribution < 1.29 is 4.79 Å². The van der Waals surface area contributed by atoms with Crippen molar-refractivity contribution in [2.24, 2.45) is 0 Å². The standard InChI is InChI=1S/C10H14N6O/c1-11-7(17)3-4-16(2)10-8-9(13-5-12-8)14-6-15-10/h5-6H,3-4H2,1-2H3,(H,11,17)(H,12,13,14,15). The average Bonchev–Trinajstić information content (AvgIpc) is 2.83. The number of anilines is 1. The number of hydrogen-bond donors (Lipinski definition) is 2. The lowest BCUT2D eigenvalue weighted by Crippen LogP contribution is -2.27. The maximum absolute atomic E-state index is 11.2. The van der Waals surface area contributed by atoms with Crippen LogP contribution in [0.4, 0.5) is 5.82 Å². The van der Waals surface area contributed by atoms with Gasteiger partial charge < -0.3 is 15.2 Å². The Morgan fingerprint density at radius 3 is 3.06 bits per heavy atom. The van der Waals surface area contributed by atoms with E-state index in [1.807, 2.05) is 11.9 Å². The van der Waals surface area contributed by atoms with Crippen LogP contribution in [0, 0.1) is 0 Å². The molecule has 90 valence electrons. The molecule has 2 rings (SSSR count). The van der Waals surface area contributed by atoms with E-state index in [1.165, 1.54) is 6.33 Å². The molecule has 0 spiro atoms. The molecule has 0 aliphatic heterocycles. The number of aromatic nitrogens is 4. The summed E-state index contributed by atoms with van der Waals surface area (Å²) >= 11 is 0. The molecule has 7 nitrogen and oxygen atoms in total. The molecule has 0 bridgehead atoms. The van der Waals surface area contributed by atoms with Gasteiger partial charge in [0.15, 0.2) is 11.5 Å². The van der Waals surface area contributed by atoms with Crippen molar-refractivity contribution in [3.63, 3.8) is 0 Å². The predicted molar refractivity (Wildman–Crippen MR) is 63.6 cm³/mol. The Bertz CT molecular complexity index is 522. The van der Waals surface area contributed by atoms with E-state index in [0.29, 0.717) is 18.6 Å². The largest absolute Gasteiger partial charge is 0.359 e. The molecule has 2 aromatic heterocycles. The van der Waals surface area contributed by atoms with Gasteiger partial charge in [0.25, 0.3) is 0 Å². The summed E-state index contributed by atoms with van der Waals surface area (Å²) in [6.45, 7) is 0.588. The summed E-state index contributed by atoms with van der Waals surface area (Å²) in [4.78, 5) is 28.4. The summed E-state index contributed by atoms with van der Waals surface area (Å²) in [6, 6.07) is 0. The minimum absolute atomic E-state index is 0.00626. The number of fused-ring (bicyclic) bond motifs is 1. The van der Waals surface area contributed by atoms with Gasteiger partial charge in [0, 0.05) is 27.1 Å². The van der Waals surface area contributed by atoms with E-state index < -0.39 is 0 Å². The zero-order valence-corrected chi connectivity index (χ0v) is 9.77. The lowest BCUT2D eigenvalue weighted by molar-refractivity contribution is -0.120. The van der Waals surface area contributed by atoms with Crippen LogP contribution in [0.15, 0.2) is 12.7 Å². The van der Waals surface area contributed by atoms with E-state index in [1.54, 1.807) is 13.4 Å². The lowest BCUT2D eigenvalue weighted by atomic mass is 10.3. The Morgan fingerprint density at radius 2 is 2.29 bits per heavy atom. The maximum Gasteiger partial charge on any atom is 0.221 e. The first-order valence-corrected chi connectivity index (χ1v) is 5.28. The third kappa shape index (κ3) is 2.32. The summed E-state index contributed by atoms with van der Waals surface area (Å²) < 4.78 is 0. The molecule has 0 aliphatic carbocycles. The Hall–Kier alpha value is -2.18. The number of H-pyrrole nitrogens is 1. The lowest BCUT2D eigenvalue weighted by Gasteiger charge is -2.17. The molecule has 0 aliphatic rings. The quantitative estimate of drug-likeness (QED) is 0.773. The molecule has 0 saturated carbocycles. The van der Waals surface area contributed by atoms with Gasteiger partial charge in [-0.2, -0.15) is 0 Å². The Morgan fingerprint density at radius 1 is 1.47 bits per heavy atom. The van der Waals surface area contributed by atoms with Crippen molar-refractivity contribution in [1.82, 2.24) is 25.3 Å². The minimum atomic E-state index is 0.00626. The molecular weight excluding hydrogens is 220 g/mol. The van der Waals surface area contributed by atoms with E-state index in [4.69, 9.17) is 0 Å². The Labute approximate surface area is 98.3 Å². The molecule has 17 heavy (non-hydrogen) atoms. The number of imidazole rings is 1. The van der Waals surface area contributed by atoms with Crippen LogP contribution in [0.5, 0.6) is 0 Å². The SMILES string of the molecule is CNC(=O)CCN(C)c1ncnc2nc[nH]c12. The molecule has 2 heterocycles. The van der Waals surface area contributed by atoms with Crippen LogP contribution in [-0.4, -0.2) is 46.5 Å². The predicted octanol–water partition coefficient (Wildman–Crippen LogP) is -0.0748. The minimum Gasteiger partial charge on any atom is -0.359 e. The summed E-state index contributed by atoms with van der Waals surface area (Å²) in [6.07, 6.45) is 3.47. The molecule has 0 atom stereocenters. The third-order valence-electron chi connectivity index (χ3n) is 2.52. The highest BCUT2D eigenvalue weighted by molar-refractivity contribution is 5.83. The number of nitrogens with zero attached hydrogens (tertiary/aromatic N) is 4. The summed E-state index contributed by atoms with van der Waals surface area (Å²) in [5, 5.41) is 2.59. The molecule has 0 unspecified atom stereocenters. The molecule has 7 heteroatoms. The Balaban J connectivity index is 2.15. The average molecular weight is 234 g/mol. The Kier molecular flexibility index (Phi) is 3.17. The van der Waals surface area contributed by atoms with Gasteiger partial charge in [-0.15, -0.1) is 0 Å². The first-order valence-electron chi connectivity index (χ1n) is 5.28. The maximum atomic E-state index is 11.2. The van der Waals surface area contributed by atoms with Gasteiger partial charge >= 0.3 is 0 Å². The second-order valence-electron chi connectivity index (χ2n) is 3.64. The van der Waals surface area contributed by atoms with E-state index in [-0.39, 0.29) is 5.91 Å². The van der Waals surface area contributed by atoms with Crippen molar-refractivity contribution in [3.05, 3.63) is 12.7 Å². The van der Waals surface area contributed by atoms with E-state index in [0.717, 1.165) is 11.3 Å². The first kappa shape index (κ1) is 11.3. The summed E-state index contributed by atoms with van der Waals surface area (Å²) in [5.41, 5.74) is 1.41. The molecule has 0 radical (unpaired) electrons. The van der Waals surface area contributed by atoms with Crippen molar-refractivity contribution in [1.29, 1.82) is 0 Å². The molecule has 2 N–H and O–H groups in total. The van der Waals surface area contributed by atoms with Crippen LogP contribution >= 0.6 is 0 Å². The van der Waals surface area contributed by atoms with E-state index in [9.17, 15) is 4.79 Å². The van der Waals surface area contributed by atoms with Gasteiger partial charge in [0.1, 0.15) is 11.8 Å². The highest BCUT2D eigenvalue weighted by Crippen LogP contribution is 2.17. The number of rotatable bonds is 4. The molecular formula is C10H14N6O. The van der Waals surface area contributed by atoms with Gasteiger partial charge in [-0.25, -0.2) is 15.0 Å². The van der Waals surface area contributed by atoms with Crippen LogP contribution in [0.1, 0.15) is 6.42 Å². The van der Waals surface area contributed by atoms with E-state index in [2.05, 4.69) is 25.3 Å². The van der Waals surface area contributed by atoms with Gasteiger partial charge in [-0.3, -0.25) is 4.79 Å². The molecule has 2 aromatic rings. The van der Waals surface area contributed by atoms with Crippen LogP contribution < -0.4 is 10.2 Å². The molecule has 0 fully saturated rings.